The number of phenols is 1. The van der Waals surface area contributed by atoms with Crippen LogP contribution in [0.3, 0.4) is 0 Å². The first kappa shape index (κ1) is 14.7. The van der Waals surface area contributed by atoms with Crippen LogP contribution in [0.5, 0.6) is 5.75 Å². The van der Waals surface area contributed by atoms with Crippen molar-refractivity contribution in [2.45, 2.75) is 12.3 Å². The van der Waals surface area contributed by atoms with Gasteiger partial charge < -0.3 is 10.2 Å². The van der Waals surface area contributed by atoms with Gasteiger partial charge in [-0.2, -0.15) is 0 Å². The number of aromatic hydroxyl groups is 1. The van der Waals surface area contributed by atoms with Gasteiger partial charge in [-0.05, 0) is 41.8 Å². The average Bonchev–Trinajstić information content (AvgIpc) is 2.40. The molecule has 0 aliphatic carbocycles. The van der Waals surface area contributed by atoms with E-state index < -0.39 is 11.9 Å². The van der Waals surface area contributed by atoms with E-state index in [0.29, 0.717) is 21.2 Å². The lowest BCUT2D eigenvalue weighted by molar-refractivity contribution is -0.138. The number of rotatable bonds is 4. The molecule has 3 nitrogen and oxygen atoms in total. The van der Waals surface area contributed by atoms with E-state index in [1.54, 1.807) is 36.4 Å². The van der Waals surface area contributed by atoms with Crippen LogP contribution in [0.4, 0.5) is 0 Å². The Kier molecular flexibility index (Phi) is 4.53. The van der Waals surface area contributed by atoms with E-state index >= 15 is 0 Å². The van der Waals surface area contributed by atoms with Crippen LogP contribution in [0.2, 0.25) is 10.0 Å². The molecule has 2 aromatic carbocycles. The highest BCUT2D eigenvalue weighted by Gasteiger charge is 2.24. The maximum atomic E-state index is 11.5. The zero-order valence-corrected chi connectivity index (χ0v) is 11.9. The van der Waals surface area contributed by atoms with E-state index in [1.807, 2.05) is 0 Å². The molecule has 0 saturated heterocycles. The summed E-state index contributed by atoms with van der Waals surface area (Å²) in [6.45, 7) is 0. The maximum absolute atomic E-state index is 11.5. The first-order valence-electron chi connectivity index (χ1n) is 5.93. The van der Waals surface area contributed by atoms with Gasteiger partial charge in [0.25, 0.3) is 0 Å². The SMILES string of the molecule is O=C(O)C(Cc1ccccc1O)c1cc(Cl)ccc1Cl. The van der Waals surface area contributed by atoms with Gasteiger partial charge in [0, 0.05) is 10.0 Å². The van der Waals surface area contributed by atoms with Gasteiger partial charge >= 0.3 is 5.97 Å². The van der Waals surface area contributed by atoms with Crippen molar-refractivity contribution in [2.75, 3.05) is 0 Å². The summed E-state index contributed by atoms with van der Waals surface area (Å²) in [7, 11) is 0. The van der Waals surface area contributed by atoms with Crippen molar-refractivity contribution in [3.05, 3.63) is 63.6 Å². The van der Waals surface area contributed by atoms with Gasteiger partial charge in [0.15, 0.2) is 0 Å². The van der Waals surface area contributed by atoms with E-state index in [1.165, 1.54) is 6.07 Å². The third kappa shape index (κ3) is 3.24. The number of hydrogen-bond donors (Lipinski definition) is 2. The molecule has 0 spiro atoms. The first-order valence-corrected chi connectivity index (χ1v) is 6.69. The Bertz CT molecular complexity index is 641. The lowest BCUT2D eigenvalue weighted by atomic mass is 9.91. The third-order valence-corrected chi connectivity index (χ3v) is 3.63. The van der Waals surface area contributed by atoms with Crippen LogP contribution in [0.25, 0.3) is 0 Å². The Morgan fingerprint density at radius 1 is 1.15 bits per heavy atom. The molecule has 20 heavy (non-hydrogen) atoms. The third-order valence-electron chi connectivity index (χ3n) is 3.05. The van der Waals surface area contributed by atoms with Crippen LogP contribution in [0, 0.1) is 0 Å². The monoisotopic (exact) mass is 310 g/mol. The van der Waals surface area contributed by atoms with Crippen LogP contribution in [-0.4, -0.2) is 16.2 Å². The molecule has 2 rings (SSSR count). The highest BCUT2D eigenvalue weighted by atomic mass is 35.5. The molecule has 2 N–H and O–H groups in total. The Hall–Kier alpha value is -1.71. The number of hydrogen-bond acceptors (Lipinski definition) is 2. The summed E-state index contributed by atoms with van der Waals surface area (Å²) in [5.41, 5.74) is 0.992. The molecule has 0 aliphatic heterocycles. The lowest BCUT2D eigenvalue weighted by Gasteiger charge is -2.15. The van der Waals surface area contributed by atoms with Crippen LogP contribution in [0.1, 0.15) is 17.0 Å². The van der Waals surface area contributed by atoms with E-state index in [0.717, 1.165) is 0 Å². The van der Waals surface area contributed by atoms with E-state index in [4.69, 9.17) is 23.2 Å². The lowest BCUT2D eigenvalue weighted by Crippen LogP contribution is -2.15. The van der Waals surface area contributed by atoms with E-state index in [2.05, 4.69) is 0 Å². The fraction of sp³-hybridized carbons (Fsp3) is 0.133. The minimum absolute atomic E-state index is 0.0666. The number of halogens is 2. The number of phenolic OH excluding ortho intramolecular Hbond substituents is 1. The summed E-state index contributed by atoms with van der Waals surface area (Å²) >= 11 is 12.0. The Labute approximate surface area is 126 Å². The molecule has 0 aliphatic rings. The van der Waals surface area contributed by atoms with Crippen molar-refractivity contribution in [3.63, 3.8) is 0 Å². The summed E-state index contributed by atoms with van der Waals surface area (Å²) in [5, 5.41) is 19.9. The Morgan fingerprint density at radius 3 is 2.50 bits per heavy atom. The fourth-order valence-corrected chi connectivity index (χ4v) is 2.45. The summed E-state index contributed by atoms with van der Waals surface area (Å²) in [6, 6.07) is 11.3. The molecule has 0 saturated carbocycles. The van der Waals surface area contributed by atoms with Crippen LogP contribution >= 0.6 is 23.2 Å². The molecule has 5 heteroatoms. The van der Waals surface area contributed by atoms with Gasteiger partial charge in [0.2, 0.25) is 0 Å². The second kappa shape index (κ2) is 6.16. The summed E-state index contributed by atoms with van der Waals surface area (Å²) in [5.74, 6) is -1.82. The molecule has 0 fully saturated rings. The maximum Gasteiger partial charge on any atom is 0.311 e. The van der Waals surface area contributed by atoms with Crippen molar-refractivity contribution in [3.8, 4) is 5.75 Å². The standard InChI is InChI=1S/C15H12Cl2O3/c16-10-5-6-13(17)11(8-10)12(15(19)20)7-9-3-1-2-4-14(9)18/h1-6,8,12,18H,7H2,(H,19,20). The van der Waals surface area contributed by atoms with Gasteiger partial charge in [-0.3, -0.25) is 4.79 Å². The zero-order valence-electron chi connectivity index (χ0n) is 10.4. The number of para-hydroxylation sites is 1. The van der Waals surface area contributed by atoms with Crippen molar-refractivity contribution >= 4 is 29.2 Å². The van der Waals surface area contributed by atoms with Crippen molar-refractivity contribution < 1.29 is 15.0 Å². The van der Waals surface area contributed by atoms with Crippen LogP contribution < -0.4 is 0 Å². The summed E-state index contributed by atoms with van der Waals surface area (Å²) in [6.07, 6.45) is 0.141. The molecule has 2 aromatic rings. The van der Waals surface area contributed by atoms with E-state index in [9.17, 15) is 15.0 Å². The second-order valence-electron chi connectivity index (χ2n) is 4.39. The Morgan fingerprint density at radius 2 is 1.85 bits per heavy atom. The highest BCUT2D eigenvalue weighted by molar-refractivity contribution is 6.33. The van der Waals surface area contributed by atoms with Crippen LogP contribution in [-0.2, 0) is 11.2 Å². The highest BCUT2D eigenvalue weighted by Crippen LogP contribution is 2.32. The molecule has 0 amide bonds. The van der Waals surface area contributed by atoms with Gasteiger partial charge in [-0.15, -0.1) is 0 Å². The van der Waals surface area contributed by atoms with Crippen molar-refractivity contribution in [1.82, 2.24) is 0 Å². The molecular formula is C15H12Cl2O3. The van der Waals surface area contributed by atoms with Crippen molar-refractivity contribution in [1.29, 1.82) is 0 Å². The smallest absolute Gasteiger partial charge is 0.311 e. The Balaban J connectivity index is 2.40. The average molecular weight is 311 g/mol. The molecule has 0 radical (unpaired) electrons. The van der Waals surface area contributed by atoms with Gasteiger partial charge in [-0.25, -0.2) is 0 Å². The predicted octanol–water partition coefficient (Wildman–Crippen LogP) is 4.11. The number of aliphatic carboxylic acids is 1. The van der Waals surface area contributed by atoms with Gasteiger partial charge in [-0.1, -0.05) is 41.4 Å². The summed E-state index contributed by atoms with van der Waals surface area (Å²) < 4.78 is 0. The minimum Gasteiger partial charge on any atom is -0.508 e. The normalized spacial score (nSPS) is 12.1. The molecule has 104 valence electrons. The zero-order chi connectivity index (χ0) is 14.7. The van der Waals surface area contributed by atoms with Gasteiger partial charge in [0.1, 0.15) is 5.75 Å². The number of benzene rings is 2. The molecule has 0 bridgehead atoms. The van der Waals surface area contributed by atoms with Crippen LogP contribution in [0.15, 0.2) is 42.5 Å². The van der Waals surface area contributed by atoms with Gasteiger partial charge in [0.05, 0.1) is 5.92 Å². The number of carboxylic acid groups (broad SMARTS) is 1. The second-order valence-corrected chi connectivity index (χ2v) is 5.23. The molecular weight excluding hydrogens is 299 g/mol. The molecule has 1 unspecified atom stereocenters. The molecule has 1 atom stereocenters. The van der Waals surface area contributed by atoms with E-state index in [-0.39, 0.29) is 12.2 Å². The molecule has 0 heterocycles. The topological polar surface area (TPSA) is 57.5 Å². The summed E-state index contributed by atoms with van der Waals surface area (Å²) in [4.78, 5) is 11.5. The number of carboxylic acids is 1. The minimum atomic E-state index is -1.02. The molecule has 0 aromatic heterocycles. The van der Waals surface area contributed by atoms with Crippen molar-refractivity contribution in [2.24, 2.45) is 0 Å². The first-order chi connectivity index (χ1) is 9.49. The fourth-order valence-electron chi connectivity index (χ4n) is 2.02. The quantitative estimate of drug-likeness (QED) is 0.893. The number of carbonyl (C=O) groups is 1. The largest absolute Gasteiger partial charge is 0.508 e. The predicted molar refractivity (Wildman–Crippen MR) is 78.6 cm³/mol.